The number of hydrogen-bond donors (Lipinski definition) is 1. The lowest BCUT2D eigenvalue weighted by Crippen LogP contribution is -2.22. The van der Waals surface area contributed by atoms with Gasteiger partial charge in [0.25, 0.3) is 0 Å². The van der Waals surface area contributed by atoms with Crippen LogP contribution in [0.25, 0.3) is 0 Å². The van der Waals surface area contributed by atoms with E-state index in [4.69, 9.17) is 10.5 Å². The summed E-state index contributed by atoms with van der Waals surface area (Å²) < 4.78 is 5.35. The molecule has 1 aliphatic heterocycles. The third-order valence-electron chi connectivity index (χ3n) is 3.02. The zero-order chi connectivity index (χ0) is 7.19. The summed E-state index contributed by atoms with van der Waals surface area (Å²) in [5, 5.41) is 0. The Hall–Kier alpha value is -0.0800. The quantitative estimate of drug-likeness (QED) is 0.585. The topological polar surface area (TPSA) is 35.2 Å². The van der Waals surface area contributed by atoms with Gasteiger partial charge < -0.3 is 10.5 Å². The molecule has 0 aromatic carbocycles. The van der Waals surface area contributed by atoms with Crippen LogP contribution < -0.4 is 5.73 Å². The van der Waals surface area contributed by atoms with E-state index < -0.39 is 0 Å². The fourth-order valence-corrected chi connectivity index (χ4v) is 2.20. The molecule has 1 saturated carbocycles. The first-order chi connectivity index (χ1) is 4.75. The van der Waals surface area contributed by atoms with Crippen molar-refractivity contribution in [1.29, 1.82) is 0 Å². The summed E-state index contributed by atoms with van der Waals surface area (Å²) >= 11 is 0. The first-order valence-electron chi connectivity index (χ1n) is 4.08. The largest absolute Gasteiger partial charge is 0.381 e. The van der Waals surface area contributed by atoms with Crippen LogP contribution in [0.15, 0.2) is 0 Å². The first-order valence-corrected chi connectivity index (χ1v) is 4.08. The predicted octanol–water partition coefficient (Wildman–Crippen LogP) is 0.760. The van der Waals surface area contributed by atoms with Gasteiger partial charge in [-0.05, 0) is 25.7 Å². The van der Waals surface area contributed by atoms with Crippen LogP contribution in [0, 0.1) is 11.3 Å². The van der Waals surface area contributed by atoms with Gasteiger partial charge in [-0.25, -0.2) is 0 Å². The molecule has 2 heteroatoms. The van der Waals surface area contributed by atoms with Crippen molar-refractivity contribution in [2.45, 2.75) is 25.8 Å². The van der Waals surface area contributed by atoms with Crippen molar-refractivity contribution in [2.24, 2.45) is 17.1 Å². The lowest BCUT2D eigenvalue weighted by molar-refractivity contribution is 0.177. The summed E-state index contributed by atoms with van der Waals surface area (Å²) in [5.74, 6) is 0.759. The molecule has 2 nitrogen and oxygen atoms in total. The van der Waals surface area contributed by atoms with Gasteiger partial charge in [0.1, 0.15) is 0 Å². The van der Waals surface area contributed by atoms with Crippen molar-refractivity contribution in [1.82, 2.24) is 0 Å². The molecule has 2 rings (SSSR count). The third kappa shape index (κ3) is 0.789. The zero-order valence-corrected chi connectivity index (χ0v) is 6.47. The fraction of sp³-hybridized carbons (Fsp3) is 1.00. The second-order valence-electron chi connectivity index (χ2n) is 3.83. The van der Waals surface area contributed by atoms with E-state index in [1.165, 1.54) is 12.8 Å². The van der Waals surface area contributed by atoms with Crippen molar-refractivity contribution < 1.29 is 4.74 Å². The maximum atomic E-state index is 5.80. The lowest BCUT2D eigenvalue weighted by atomic mass is 10.0. The van der Waals surface area contributed by atoms with E-state index >= 15 is 0 Å². The average Bonchev–Trinajstić information content (AvgIpc) is 2.32. The van der Waals surface area contributed by atoms with Gasteiger partial charge in [0.2, 0.25) is 0 Å². The van der Waals surface area contributed by atoms with Crippen LogP contribution >= 0.6 is 0 Å². The lowest BCUT2D eigenvalue weighted by Gasteiger charge is -2.08. The van der Waals surface area contributed by atoms with Crippen LogP contribution in [0.4, 0.5) is 0 Å². The molecule has 0 aromatic heterocycles. The monoisotopic (exact) mass is 141 g/mol. The Morgan fingerprint density at radius 1 is 1.70 bits per heavy atom. The van der Waals surface area contributed by atoms with E-state index in [2.05, 4.69) is 6.92 Å². The van der Waals surface area contributed by atoms with Crippen LogP contribution in [0.3, 0.4) is 0 Å². The Balaban J connectivity index is 1.97. The highest BCUT2D eigenvalue weighted by Gasteiger charge is 2.57. The summed E-state index contributed by atoms with van der Waals surface area (Å²) in [4.78, 5) is 0. The van der Waals surface area contributed by atoms with Crippen LogP contribution in [0.5, 0.6) is 0 Å². The average molecular weight is 141 g/mol. The molecule has 1 spiro atoms. The highest BCUT2D eigenvalue weighted by molar-refractivity contribution is 5.07. The molecule has 10 heavy (non-hydrogen) atoms. The molecule has 0 bridgehead atoms. The van der Waals surface area contributed by atoms with E-state index in [0.29, 0.717) is 11.5 Å². The summed E-state index contributed by atoms with van der Waals surface area (Å²) in [7, 11) is 0. The Morgan fingerprint density at radius 3 is 2.90 bits per heavy atom. The predicted molar refractivity (Wildman–Crippen MR) is 39.6 cm³/mol. The molecule has 0 aromatic rings. The van der Waals surface area contributed by atoms with E-state index in [1.807, 2.05) is 0 Å². The molecule has 1 aliphatic carbocycles. The number of rotatable bonds is 1. The van der Waals surface area contributed by atoms with E-state index in [-0.39, 0.29) is 0 Å². The summed E-state index contributed by atoms with van der Waals surface area (Å²) in [6, 6.07) is 0.377. The van der Waals surface area contributed by atoms with Crippen molar-refractivity contribution in [3.8, 4) is 0 Å². The number of hydrogen-bond acceptors (Lipinski definition) is 2. The normalized spacial score (nSPS) is 48.0. The molecule has 1 saturated heterocycles. The Kier molecular flexibility index (Phi) is 1.29. The van der Waals surface area contributed by atoms with Crippen LogP contribution in [-0.4, -0.2) is 19.3 Å². The maximum absolute atomic E-state index is 5.80. The smallest absolute Gasteiger partial charge is 0.0526 e. The molecule has 0 amide bonds. The van der Waals surface area contributed by atoms with Crippen molar-refractivity contribution in [3.05, 3.63) is 0 Å². The van der Waals surface area contributed by atoms with E-state index in [0.717, 1.165) is 19.1 Å². The minimum atomic E-state index is 0.377. The molecule has 3 atom stereocenters. The van der Waals surface area contributed by atoms with E-state index in [9.17, 15) is 0 Å². The molecule has 3 unspecified atom stereocenters. The van der Waals surface area contributed by atoms with Crippen LogP contribution in [-0.2, 0) is 4.74 Å². The molecular formula is C8H15NO. The van der Waals surface area contributed by atoms with Gasteiger partial charge in [-0.15, -0.1) is 0 Å². The Bertz CT molecular complexity index is 138. The number of nitrogens with two attached hydrogens (primary N) is 1. The molecule has 1 heterocycles. The second-order valence-corrected chi connectivity index (χ2v) is 3.83. The van der Waals surface area contributed by atoms with Gasteiger partial charge in [0.05, 0.1) is 6.61 Å². The highest BCUT2D eigenvalue weighted by atomic mass is 16.5. The minimum Gasteiger partial charge on any atom is -0.381 e. The minimum absolute atomic E-state index is 0.377. The maximum Gasteiger partial charge on any atom is 0.0526 e. The summed E-state index contributed by atoms with van der Waals surface area (Å²) in [6.45, 7) is 4.04. The first kappa shape index (κ1) is 6.62. The van der Waals surface area contributed by atoms with Gasteiger partial charge in [0, 0.05) is 18.1 Å². The highest BCUT2D eigenvalue weighted by Crippen LogP contribution is 2.58. The van der Waals surface area contributed by atoms with Crippen molar-refractivity contribution in [3.63, 3.8) is 0 Å². The molecule has 2 aliphatic rings. The van der Waals surface area contributed by atoms with Crippen LogP contribution in [0.1, 0.15) is 19.8 Å². The molecule has 58 valence electrons. The summed E-state index contributed by atoms with van der Waals surface area (Å²) in [6.07, 6.45) is 2.56. The van der Waals surface area contributed by atoms with Crippen molar-refractivity contribution >= 4 is 0 Å². The van der Waals surface area contributed by atoms with Gasteiger partial charge in [0.15, 0.2) is 0 Å². The van der Waals surface area contributed by atoms with Gasteiger partial charge in [-0.2, -0.15) is 0 Å². The molecule has 2 N–H and O–H groups in total. The Morgan fingerprint density at radius 2 is 2.50 bits per heavy atom. The molecule has 2 fully saturated rings. The van der Waals surface area contributed by atoms with Gasteiger partial charge in [-0.3, -0.25) is 0 Å². The fourth-order valence-electron chi connectivity index (χ4n) is 2.20. The summed E-state index contributed by atoms with van der Waals surface area (Å²) in [5.41, 5.74) is 6.33. The number of ether oxygens (including phenoxy) is 1. The van der Waals surface area contributed by atoms with Crippen molar-refractivity contribution in [2.75, 3.05) is 13.2 Å². The zero-order valence-electron chi connectivity index (χ0n) is 6.47. The van der Waals surface area contributed by atoms with Gasteiger partial charge in [-0.1, -0.05) is 0 Å². The SMILES string of the molecule is CC(N)C1CC12CCOC2. The standard InChI is InChI=1S/C8H15NO/c1-6(9)7-4-8(7)2-3-10-5-8/h6-7H,2-5,9H2,1H3. The van der Waals surface area contributed by atoms with Crippen LogP contribution in [0.2, 0.25) is 0 Å². The molecule has 0 radical (unpaired) electrons. The van der Waals surface area contributed by atoms with E-state index in [1.54, 1.807) is 0 Å². The second kappa shape index (κ2) is 1.95. The van der Waals surface area contributed by atoms with Gasteiger partial charge >= 0.3 is 0 Å². The Labute approximate surface area is 61.7 Å². The molecular weight excluding hydrogens is 126 g/mol. The third-order valence-corrected chi connectivity index (χ3v) is 3.02.